The van der Waals surface area contributed by atoms with E-state index in [9.17, 15) is 24.3 Å². The molecular formula is C27H35N7O5S. The van der Waals surface area contributed by atoms with E-state index in [0.717, 1.165) is 16.5 Å². The first-order valence-electron chi connectivity index (χ1n) is 13.2. The second-order valence-electron chi connectivity index (χ2n) is 9.88. The predicted octanol–water partition coefficient (Wildman–Crippen LogP) is 0.802. The van der Waals surface area contributed by atoms with Gasteiger partial charge in [-0.25, -0.2) is 9.78 Å². The summed E-state index contributed by atoms with van der Waals surface area (Å²) < 4.78 is 0. The van der Waals surface area contributed by atoms with E-state index in [2.05, 4.69) is 25.6 Å². The monoisotopic (exact) mass is 569 g/mol. The zero-order valence-electron chi connectivity index (χ0n) is 22.3. The number of carboxylic acid groups (broad SMARTS) is 1. The van der Waals surface area contributed by atoms with Crippen LogP contribution in [0.4, 0.5) is 0 Å². The summed E-state index contributed by atoms with van der Waals surface area (Å²) in [7, 11) is 0. The lowest BCUT2D eigenvalue weighted by Crippen LogP contribution is -2.57. The first-order valence-corrected chi connectivity index (χ1v) is 14.6. The van der Waals surface area contributed by atoms with Crippen LogP contribution in [0.1, 0.15) is 30.5 Å². The number of nitrogens with zero attached hydrogens (tertiary/aromatic N) is 2. The first kappa shape index (κ1) is 29.2. The third kappa shape index (κ3) is 7.02. The fourth-order valence-corrected chi connectivity index (χ4v) is 5.45. The summed E-state index contributed by atoms with van der Waals surface area (Å²) in [6, 6.07) is 3.74. The van der Waals surface area contributed by atoms with Gasteiger partial charge < -0.3 is 36.3 Å². The molecule has 1 aromatic carbocycles. The van der Waals surface area contributed by atoms with E-state index >= 15 is 0 Å². The highest BCUT2D eigenvalue weighted by Gasteiger charge is 2.39. The van der Waals surface area contributed by atoms with Crippen LogP contribution in [0, 0.1) is 0 Å². The van der Waals surface area contributed by atoms with E-state index in [-0.39, 0.29) is 12.8 Å². The molecule has 12 nitrogen and oxygen atoms in total. The van der Waals surface area contributed by atoms with Crippen LogP contribution in [-0.2, 0) is 32.0 Å². The number of hydrogen-bond acceptors (Lipinski definition) is 7. The molecule has 1 aliphatic heterocycles. The maximum Gasteiger partial charge on any atom is 0.326 e. The van der Waals surface area contributed by atoms with Gasteiger partial charge in [-0.3, -0.25) is 14.4 Å². The number of imidazole rings is 1. The van der Waals surface area contributed by atoms with Gasteiger partial charge in [0.05, 0.1) is 12.4 Å². The van der Waals surface area contributed by atoms with Crippen LogP contribution in [0.25, 0.3) is 10.9 Å². The lowest BCUT2D eigenvalue weighted by atomic mass is 10.0. The van der Waals surface area contributed by atoms with Gasteiger partial charge in [0.15, 0.2) is 0 Å². The summed E-state index contributed by atoms with van der Waals surface area (Å²) in [5, 5.41) is 16.2. The summed E-state index contributed by atoms with van der Waals surface area (Å²) in [6.45, 7) is 0.310. The number of nitrogens with two attached hydrogens (primary N) is 1. The van der Waals surface area contributed by atoms with E-state index in [1.54, 1.807) is 24.2 Å². The Balaban J connectivity index is 1.47. The summed E-state index contributed by atoms with van der Waals surface area (Å²) in [4.78, 5) is 63.4. The molecule has 3 amide bonds. The lowest BCUT2D eigenvalue weighted by Gasteiger charge is -2.30. The van der Waals surface area contributed by atoms with Crippen molar-refractivity contribution in [1.82, 2.24) is 30.5 Å². The van der Waals surface area contributed by atoms with Gasteiger partial charge in [-0.2, -0.15) is 11.8 Å². The maximum atomic E-state index is 13.7. The zero-order chi connectivity index (χ0) is 28.6. The average Bonchev–Trinajstić information content (AvgIpc) is 3.72. The number of hydrogen-bond donors (Lipinski definition) is 6. The van der Waals surface area contributed by atoms with Gasteiger partial charge in [0.1, 0.15) is 18.1 Å². The Morgan fingerprint density at radius 3 is 2.70 bits per heavy atom. The molecule has 0 saturated carbocycles. The van der Waals surface area contributed by atoms with E-state index in [1.807, 2.05) is 30.5 Å². The van der Waals surface area contributed by atoms with Crippen LogP contribution in [0.3, 0.4) is 0 Å². The number of H-pyrrole nitrogens is 2. The number of benzene rings is 1. The summed E-state index contributed by atoms with van der Waals surface area (Å²) in [6.07, 6.45) is 8.34. The average molecular weight is 570 g/mol. The van der Waals surface area contributed by atoms with Crippen molar-refractivity contribution in [2.45, 2.75) is 56.3 Å². The van der Waals surface area contributed by atoms with Gasteiger partial charge in [-0.05, 0) is 42.9 Å². The molecule has 4 rings (SSSR count). The van der Waals surface area contributed by atoms with Gasteiger partial charge >= 0.3 is 5.97 Å². The minimum atomic E-state index is -1.18. The van der Waals surface area contributed by atoms with Crippen molar-refractivity contribution < 1.29 is 24.3 Å². The molecular weight excluding hydrogens is 534 g/mol. The second-order valence-corrected chi connectivity index (χ2v) is 10.9. The van der Waals surface area contributed by atoms with Crippen molar-refractivity contribution in [3.05, 3.63) is 54.2 Å². The van der Waals surface area contributed by atoms with E-state index < -0.39 is 47.9 Å². The fraction of sp³-hybridized carbons (Fsp3) is 0.444. The summed E-state index contributed by atoms with van der Waals surface area (Å²) >= 11 is 1.57. The number of aromatic amines is 2. The van der Waals surface area contributed by atoms with E-state index in [1.165, 1.54) is 11.2 Å². The van der Waals surface area contributed by atoms with E-state index in [0.29, 0.717) is 37.3 Å². The molecule has 1 fully saturated rings. The highest BCUT2D eigenvalue weighted by molar-refractivity contribution is 7.98. The Hall–Kier alpha value is -3.84. The fourth-order valence-electron chi connectivity index (χ4n) is 4.96. The van der Waals surface area contributed by atoms with Crippen molar-refractivity contribution in [1.29, 1.82) is 0 Å². The van der Waals surface area contributed by atoms with Crippen LogP contribution in [0.5, 0.6) is 0 Å². The standard InChI is InChI=1S/C27H35N7O5S/c1-40-10-8-19(28)24(35)32-21(12-17-14-29-15-31-17)26(37)34-9-4-7-23(34)25(36)33-22(27(38)39)11-16-13-30-20-6-3-2-5-18(16)20/h2-3,5-6,13-15,19,21-23,30H,4,7-12,28H2,1H3,(H,29,31)(H,32,35)(H,33,36)(H,38,39). The number of aromatic nitrogens is 3. The Morgan fingerprint density at radius 1 is 1.18 bits per heavy atom. The molecule has 3 heterocycles. The molecule has 0 radical (unpaired) electrons. The number of nitrogens with one attached hydrogen (secondary N) is 4. The molecule has 0 bridgehead atoms. The number of amides is 3. The molecule has 1 aliphatic rings. The Labute approximate surface area is 235 Å². The van der Waals surface area contributed by atoms with Crippen molar-refractivity contribution in [3.8, 4) is 0 Å². The second kappa shape index (κ2) is 13.5. The Bertz CT molecular complexity index is 1330. The molecule has 4 unspecified atom stereocenters. The van der Waals surface area contributed by atoms with Crippen molar-refractivity contribution >= 4 is 46.4 Å². The molecule has 1 saturated heterocycles. The van der Waals surface area contributed by atoms with Crippen LogP contribution in [-0.4, -0.2) is 91.4 Å². The Kier molecular flexibility index (Phi) is 9.83. The molecule has 2 aromatic heterocycles. The Morgan fingerprint density at radius 2 is 1.98 bits per heavy atom. The molecule has 4 atom stereocenters. The third-order valence-corrected chi connectivity index (χ3v) is 7.76. The molecule has 0 aliphatic carbocycles. The lowest BCUT2D eigenvalue weighted by molar-refractivity contribution is -0.144. The molecule has 0 spiro atoms. The number of likely N-dealkylation sites (tertiary alicyclic amines) is 1. The minimum absolute atomic E-state index is 0.0815. The molecule has 214 valence electrons. The number of rotatable bonds is 13. The smallest absolute Gasteiger partial charge is 0.326 e. The maximum absolute atomic E-state index is 13.7. The minimum Gasteiger partial charge on any atom is -0.480 e. The van der Waals surface area contributed by atoms with Gasteiger partial charge in [-0.1, -0.05) is 18.2 Å². The molecule has 3 aromatic rings. The topological polar surface area (TPSA) is 186 Å². The number of carbonyl (C=O) groups excluding carboxylic acids is 3. The number of carboxylic acids is 1. The van der Waals surface area contributed by atoms with Gasteiger partial charge in [0, 0.05) is 48.4 Å². The van der Waals surface area contributed by atoms with Crippen LogP contribution < -0.4 is 16.4 Å². The van der Waals surface area contributed by atoms with Gasteiger partial charge in [-0.15, -0.1) is 0 Å². The third-order valence-electron chi connectivity index (χ3n) is 7.12. The van der Waals surface area contributed by atoms with Crippen molar-refractivity contribution in [3.63, 3.8) is 0 Å². The van der Waals surface area contributed by atoms with Crippen molar-refractivity contribution in [2.24, 2.45) is 5.73 Å². The quantitative estimate of drug-likeness (QED) is 0.174. The molecule has 13 heteroatoms. The summed E-state index contributed by atoms with van der Waals surface area (Å²) in [5.74, 6) is -1.89. The SMILES string of the molecule is CSCCC(N)C(=O)NC(Cc1cnc[nH]1)C(=O)N1CCCC1C(=O)NC(Cc1c[nH]c2ccccc12)C(=O)O. The highest BCUT2D eigenvalue weighted by Crippen LogP contribution is 2.22. The van der Waals surface area contributed by atoms with Crippen LogP contribution in [0.15, 0.2) is 43.0 Å². The highest BCUT2D eigenvalue weighted by atomic mass is 32.2. The largest absolute Gasteiger partial charge is 0.480 e. The predicted molar refractivity (Wildman–Crippen MR) is 152 cm³/mol. The summed E-state index contributed by atoms with van der Waals surface area (Å²) in [5.41, 5.74) is 8.32. The number of aliphatic carboxylic acids is 1. The van der Waals surface area contributed by atoms with Crippen LogP contribution in [0.2, 0.25) is 0 Å². The zero-order valence-corrected chi connectivity index (χ0v) is 23.1. The number of thioether (sulfide) groups is 1. The van der Waals surface area contributed by atoms with Gasteiger partial charge in [0.25, 0.3) is 0 Å². The number of para-hydroxylation sites is 1. The van der Waals surface area contributed by atoms with E-state index in [4.69, 9.17) is 5.73 Å². The number of carbonyl (C=O) groups is 4. The number of fused-ring (bicyclic) bond motifs is 1. The van der Waals surface area contributed by atoms with Gasteiger partial charge in [0.2, 0.25) is 17.7 Å². The molecule has 40 heavy (non-hydrogen) atoms. The first-order chi connectivity index (χ1) is 19.3. The van der Waals surface area contributed by atoms with Crippen molar-refractivity contribution in [2.75, 3.05) is 18.6 Å². The normalized spacial score (nSPS) is 17.4. The van der Waals surface area contributed by atoms with Crippen LogP contribution >= 0.6 is 11.8 Å². The molecule has 7 N–H and O–H groups in total.